The number of sulfonamides is 1. The minimum atomic E-state index is -3.42. The Morgan fingerprint density at radius 2 is 2.05 bits per heavy atom. The Hall–Kier alpha value is -4.00. The fraction of sp³-hybridized carbons (Fsp3) is 0.200. The van der Waals surface area contributed by atoms with Gasteiger partial charge in [0.15, 0.2) is 11.5 Å². The lowest BCUT2D eigenvalue weighted by Crippen LogP contribution is -2.21. The molecule has 0 fully saturated rings. The second kappa shape index (κ2) is 9.14. The largest absolute Gasteiger partial charge is 0.321 e. The zero-order valence-corrected chi connectivity index (χ0v) is 20.7. The van der Waals surface area contributed by atoms with Gasteiger partial charge in [-0.2, -0.15) is 5.10 Å². The molecule has 4 N–H and O–H groups in total. The topological polar surface area (TPSA) is 141 Å². The molecule has 5 aromatic rings. The van der Waals surface area contributed by atoms with Gasteiger partial charge in [-0.1, -0.05) is 6.08 Å². The van der Waals surface area contributed by atoms with Crippen molar-refractivity contribution in [2.45, 2.75) is 13.0 Å². The highest BCUT2D eigenvalue weighted by molar-refractivity contribution is 7.88. The number of nitrogens with one attached hydrogen (secondary N) is 4. The smallest absolute Gasteiger partial charge is 0.209 e. The van der Waals surface area contributed by atoms with E-state index >= 15 is 0 Å². The maximum Gasteiger partial charge on any atom is 0.209 e. The molecule has 5 heterocycles. The van der Waals surface area contributed by atoms with Gasteiger partial charge < -0.3 is 10.3 Å². The molecule has 37 heavy (non-hydrogen) atoms. The Balaban J connectivity index is 1.42. The maximum absolute atomic E-state index is 14.5. The highest BCUT2D eigenvalue weighted by atomic mass is 32.2. The average molecular weight is 519 g/mol. The number of aromatic nitrogens is 6. The van der Waals surface area contributed by atoms with Crippen molar-refractivity contribution in [2.75, 3.05) is 19.3 Å². The number of benzene rings is 1. The normalized spacial score (nSPS) is 14.4. The van der Waals surface area contributed by atoms with E-state index < -0.39 is 15.8 Å². The molecule has 0 spiro atoms. The standard InChI is InChI=1S/C25H23FN8O2S/c1-37(35,36)30-12-14-8-16(10-17(26)9-14)18-4-7-28-24-22(18)31-25(32-24)23-19-11-20(15-2-5-27-6-3-15)29-13-21(19)33-34-23/h2,4,7-11,13,27,30H,3,5-6,12H2,1H3,(H,33,34)(H,28,31,32). The number of aromatic amines is 2. The minimum Gasteiger partial charge on any atom is -0.321 e. The van der Waals surface area contributed by atoms with Crippen molar-refractivity contribution < 1.29 is 12.8 Å². The van der Waals surface area contributed by atoms with E-state index in [0.717, 1.165) is 42.4 Å². The Bertz CT molecular complexity index is 1790. The number of hydrogen-bond acceptors (Lipinski definition) is 7. The minimum absolute atomic E-state index is 0.0221. The number of halogens is 1. The van der Waals surface area contributed by atoms with Crippen LogP contribution in [0.3, 0.4) is 0 Å². The van der Waals surface area contributed by atoms with E-state index in [1.807, 2.05) is 6.07 Å². The first-order valence-corrected chi connectivity index (χ1v) is 13.6. The highest BCUT2D eigenvalue weighted by Gasteiger charge is 2.18. The number of H-pyrrole nitrogens is 2. The fourth-order valence-electron chi connectivity index (χ4n) is 4.51. The second-order valence-corrected chi connectivity index (χ2v) is 10.8. The fourth-order valence-corrected chi connectivity index (χ4v) is 4.93. The van der Waals surface area contributed by atoms with Gasteiger partial charge in [0.25, 0.3) is 0 Å². The van der Waals surface area contributed by atoms with E-state index in [4.69, 9.17) is 4.98 Å². The molecule has 6 rings (SSSR count). The van der Waals surface area contributed by atoms with E-state index in [9.17, 15) is 12.8 Å². The van der Waals surface area contributed by atoms with Gasteiger partial charge in [-0.15, -0.1) is 0 Å². The third-order valence-corrected chi connectivity index (χ3v) is 6.92. The molecule has 1 aliphatic heterocycles. The van der Waals surface area contributed by atoms with Crippen molar-refractivity contribution >= 4 is 37.7 Å². The second-order valence-electron chi connectivity index (χ2n) is 8.95. The summed E-state index contributed by atoms with van der Waals surface area (Å²) in [6.45, 7) is 1.71. The lowest BCUT2D eigenvalue weighted by molar-refractivity contribution is 0.586. The molecule has 0 saturated heterocycles. The summed E-state index contributed by atoms with van der Waals surface area (Å²) in [7, 11) is -3.42. The lowest BCUT2D eigenvalue weighted by Gasteiger charge is -2.13. The van der Waals surface area contributed by atoms with Crippen LogP contribution in [0.15, 0.2) is 48.8 Å². The maximum atomic E-state index is 14.5. The molecule has 0 aliphatic carbocycles. The van der Waals surface area contributed by atoms with E-state index in [1.165, 1.54) is 17.7 Å². The number of hydrogen-bond donors (Lipinski definition) is 4. The first-order chi connectivity index (χ1) is 17.8. The summed E-state index contributed by atoms with van der Waals surface area (Å²) in [5.41, 5.74) is 6.31. The van der Waals surface area contributed by atoms with E-state index in [0.29, 0.717) is 39.4 Å². The number of nitrogens with zero attached hydrogens (tertiary/aromatic N) is 4. The zero-order valence-electron chi connectivity index (χ0n) is 19.8. The quantitative estimate of drug-likeness (QED) is 0.271. The third kappa shape index (κ3) is 4.73. The van der Waals surface area contributed by atoms with Gasteiger partial charge in [-0.25, -0.2) is 27.5 Å². The van der Waals surface area contributed by atoms with Crippen LogP contribution >= 0.6 is 0 Å². The lowest BCUT2D eigenvalue weighted by atomic mass is 10.0. The highest BCUT2D eigenvalue weighted by Crippen LogP contribution is 2.32. The molecular weight excluding hydrogens is 495 g/mol. The molecule has 0 radical (unpaired) electrons. The van der Waals surface area contributed by atoms with Crippen molar-refractivity contribution in [1.29, 1.82) is 0 Å². The molecule has 10 nitrogen and oxygen atoms in total. The summed E-state index contributed by atoms with van der Waals surface area (Å²) in [5.74, 6) is 0.0436. The van der Waals surface area contributed by atoms with Crippen LogP contribution in [0.2, 0.25) is 0 Å². The van der Waals surface area contributed by atoms with Crippen LogP contribution in [0.1, 0.15) is 17.7 Å². The molecule has 0 amide bonds. The SMILES string of the molecule is CS(=O)(=O)NCc1cc(F)cc(-c2ccnc3[nH]c(-c4n[nH]c5cnc(C6=CCNCC6)cc45)nc23)c1. The first kappa shape index (κ1) is 23.4. The van der Waals surface area contributed by atoms with E-state index in [1.54, 1.807) is 24.5 Å². The average Bonchev–Trinajstić information content (AvgIpc) is 3.51. The van der Waals surface area contributed by atoms with Gasteiger partial charge >= 0.3 is 0 Å². The monoisotopic (exact) mass is 518 g/mol. The van der Waals surface area contributed by atoms with Crippen molar-refractivity contribution in [3.05, 3.63) is 65.9 Å². The Kier molecular flexibility index (Phi) is 5.78. The Morgan fingerprint density at radius 1 is 1.16 bits per heavy atom. The van der Waals surface area contributed by atoms with Crippen molar-refractivity contribution in [2.24, 2.45) is 0 Å². The molecule has 0 atom stereocenters. The Labute approximate surface area is 211 Å². The summed E-state index contributed by atoms with van der Waals surface area (Å²) < 4.78 is 39.9. The van der Waals surface area contributed by atoms with Gasteiger partial charge in [0.2, 0.25) is 10.0 Å². The molecule has 188 valence electrons. The number of imidazole rings is 1. The molecular formula is C25H23FN8O2S. The number of fused-ring (bicyclic) bond motifs is 2. The predicted octanol–water partition coefficient (Wildman–Crippen LogP) is 3.13. The molecule has 1 aliphatic rings. The van der Waals surface area contributed by atoms with Gasteiger partial charge in [0.05, 0.1) is 23.7 Å². The van der Waals surface area contributed by atoms with Crippen LogP contribution in [0.4, 0.5) is 4.39 Å². The van der Waals surface area contributed by atoms with E-state index in [2.05, 4.69) is 41.3 Å². The number of pyridine rings is 2. The van der Waals surface area contributed by atoms with Gasteiger partial charge in [0.1, 0.15) is 17.0 Å². The van der Waals surface area contributed by atoms with Crippen molar-refractivity contribution in [3.63, 3.8) is 0 Å². The molecule has 4 aromatic heterocycles. The van der Waals surface area contributed by atoms with Crippen molar-refractivity contribution in [3.8, 4) is 22.6 Å². The first-order valence-electron chi connectivity index (χ1n) is 11.7. The van der Waals surface area contributed by atoms with Crippen LogP contribution < -0.4 is 10.0 Å². The van der Waals surface area contributed by atoms with Crippen LogP contribution in [0.5, 0.6) is 0 Å². The summed E-state index contributed by atoms with van der Waals surface area (Å²) in [4.78, 5) is 17.0. The molecule has 0 saturated carbocycles. The van der Waals surface area contributed by atoms with Gasteiger partial charge in [-0.05, 0) is 60.0 Å². The summed E-state index contributed by atoms with van der Waals surface area (Å²) >= 11 is 0. The van der Waals surface area contributed by atoms with Gasteiger partial charge in [-0.3, -0.25) is 10.1 Å². The van der Waals surface area contributed by atoms with Crippen LogP contribution in [-0.4, -0.2) is 57.9 Å². The zero-order chi connectivity index (χ0) is 25.6. The summed E-state index contributed by atoms with van der Waals surface area (Å²) in [6, 6.07) is 8.19. The molecule has 0 unspecified atom stereocenters. The molecule has 1 aromatic carbocycles. The predicted molar refractivity (Wildman–Crippen MR) is 139 cm³/mol. The molecule has 12 heteroatoms. The summed E-state index contributed by atoms with van der Waals surface area (Å²) in [6.07, 6.45) is 7.50. The van der Waals surface area contributed by atoms with Crippen LogP contribution in [0.25, 0.3) is 50.3 Å². The third-order valence-electron chi connectivity index (χ3n) is 6.26. The van der Waals surface area contributed by atoms with Gasteiger partial charge in [0, 0.05) is 30.2 Å². The molecule has 0 bridgehead atoms. The Morgan fingerprint density at radius 3 is 2.86 bits per heavy atom. The number of rotatable bonds is 6. The van der Waals surface area contributed by atoms with E-state index in [-0.39, 0.29) is 6.54 Å². The van der Waals surface area contributed by atoms with Crippen molar-refractivity contribution in [1.82, 2.24) is 40.2 Å². The van der Waals surface area contributed by atoms with Crippen LogP contribution in [-0.2, 0) is 16.6 Å². The summed E-state index contributed by atoms with van der Waals surface area (Å²) in [5, 5.41) is 11.7. The van der Waals surface area contributed by atoms with Crippen LogP contribution in [0, 0.1) is 5.82 Å².